The Hall–Kier alpha value is -1.04. The zero-order chi connectivity index (χ0) is 12.3. The highest BCUT2D eigenvalue weighted by Crippen LogP contribution is 2.19. The van der Waals surface area contributed by atoms with Gasteiger partial charge in [0, 0.05) is 31.5 Å². The van der Waals surface area contributed by atoms with Crippen LogP contribution in [0.15, 0.2) is 18.5 Å². The summed E-state index contributed by atoms with van der Waals surface area (Å²) in [5.74, 6) is 0.824. The van der Waals surface area contributed by atoms with E-state index in [1.807, 2.05) is 6.07 Å². The molecule has 2 unspecified atom stereocenters. The number of hydrogen-bond donors (Lipinski definition) is 1. The summed E-state index contributed by atoms with van der Waals surface area (Å²) in [6.07, 6.45) is 4.14. The molecule has 0 bridgehead atoms. The highest BCUT2D eigenvalue weighted by Gasteiger charge is 2.31. The predicted molar refractivity (Wildman–Crippen MR) is 65.4 cm³/mol. The Balaban J connectivity index is 1.98. The van der Waals surface area contributed by atoms with Crippen LogP contribution in [0.1, 0.15) is 12.2 Å². The zero-order valence-corrected chi connectivity index (χ0v) is 10.5. The number of likely N-dealkylation sites (tertiary alicyclic amines) is 1. The van der Waals surface area contributed by atoms with Crippen molar-refractivity contribution in [3.05, 3.63) is 24.3 Å². The normalized spacial score (nSPS) is 25.6. The second-order valence-corrected chi connectivity index (χ2v) is 4.90. The van der Waals surface area contributed by atoms with Crippen LogP contribution in [0.3, 0.4) is 0 Å². The summed E-state index contributed by atoms with van der Waals surface area (Å²) >= 11 is 0. The molecule has 1 aromatic heterocycles. The van der Waals surface area contributed by atoms with Gasteiger partial charge in [-0.15, -0.1) is 0 Å². The highest BCUT2D eigenvalue weighted by molar-refractivity contribution is 4.93. The number of likely N-dealkylation sites (N-methyl/N-ethyl adjacent to an activating group) is 1. The molecule has 1 aliphatic heterocycles. The van der Waals surface area contributed by atoms with Crippen molar-refractivity contribution in [1.29, 1.82) is 0 Å². The van der Waals surface area contributed by atoms with Gasteiger partial charge in [0.1, 0.15) is 5.82 Å². The fourth-order valence-corrected chi connectivity index (χ4v) is 2.36. The van der Waals surface area contributed by atoms with Gasteiger partial charge in [0.2, 0.25) is 0 Å². The van der Waals surface area contributed by atoms with Gasteiger partial charge < -0.3 is 10.0 Å². The molecule has 0 spiro atoms. The van der Waals surface area contributed by atoms with E-state index in [4.69, 9.17) is 0 Å². The molecule has 1 fully saturated rings. The van der Waals surface area contributed by atoms with Crippen molar-refractivity contribution in [2.24, 2.45) is 0 Å². The summed E-state index contributed by atoms with van der Waals surface area (Å²) in [5.41, 5.74) is 0. The molecule has 94 valence electrons. The first-order valence-electron chi connectivity index (χ1n) is 5.98. The summed E-state index contributed by atoms with van der Waals surface area (Å²) in [5, 5.41) is 9.76. The van der Waals surface area contributed by atoms with E-state index in [0.29, 0.717) is 6.04 Å². The number of aromatic nitrogens is 2. The number of aliphatic hydroxyl groups excluding tert-OH is 1. The molecule has 0 saturated carbocycles. The van der Waals surface area contributed by atoms with Crippen LogP contribution in [0.2, 0.25) is 0 Å². The summed E-state index contributed by atoms with van der Waals surface area (Å²) in [6.45, 7) is 2.40. The average molecular weight is 236 g/mol. The van der Waals surface area contributed by atoms with Gasteiger partial charge in [-0.2, -0.15) is 0 Å². The summed E-state index contributed by atoms with van der Waals surface area (Å²) < 4.78 is 0. The molecule has 17 heavy (non-hydrogen) atoms. The van der Waals surface area contributed by atoms with E-state index in [1.54, 1.807) is 12.4 Å². The molecule has 2 atom stereocenters. The van der Waals surface area contributed by atoms with Crippen LogP contribution in [0, 0.1) is 0 Å². The van der Waals surface area contributed by atoms with Crippen LogP contribution < -0.4 is 0 Å². The van der Waals surface area contributed by atoms with Crippen LogP contribution >= 0.6 is 0 Å². The van der Waals surface area contributed by atoms with Crippen LogP contribution in [0.25, 0.3) is 0 Å². The Morgan fingerprint density at radius 1 is 1.41 bits per heavy atom. The lowest BCUT2D eigenvalue weighted by molar-refractivity contribution is 0.167. The fraction of sp³-hybridized carbons (Fsp3) is 0.667. The SMILES string of the molecule is CN(C)CC1CC(O)CN1Cc1ncccn1. The predicted octanol–water partition coefficient (Wildman–Crippen LogP) is -0.0266. The standard InChI is InChI=1S/C12H20N4O/c1-15(2)7-10-6-11(17)8-16(10)9-12-13-4-3-5-14-12/h3-5,10-11,17H,6-9H2,1-2H3. The van der Waals surface area contributed by atoms with Crippen molar-refractivity contribution in [3.63, 3.8) is 0 Å². The second-order valence-electron chi connectivity index (χ2n) is 4.90. The molecule has 0 aromatic carbocycles. The van der Waals surface area contributed by atoms with Crippen molar-refractivity contribution >= 4 is 0 Å². The molecule has 0 amide bonds. The van der Waals surface area contributed by atoms with Gasteiger partial charge in [0.15, 0.2) is 0 Å². The maximum Gasteiger partial charge on any atom is 0.142 e. The van der Waals surface area contributed by atoms with Gasteiger partial charge in [0.25, 0.3) is 0 Å². The number of aliphatic hydroxyl groups is 1. The Morgan fingerprint density at radius 3 is 2.76 bits per heavy atom. The molecule has 0 radical (unpaired) electrons. The van der Waals surface area contributed by atoms with Crippen LogP contribution in [0.5, 0.6) is 0 Å². The molecule has 1 aliphatic rings. The van der Waals surface area contributed by atoms with Gasteiger partial charge in [-0.1, -0.05) is 0 Å². The topological polar surface area (TPSA) is 52.5 Å². The first kappa shape index (κ1) is 12.4. The van der Waals surface area contributed by atoms with Gasteiger partial charge in [-0.3, -0.25) is 4.90 Å². The minimum Gasteiger partial charge on any atom is -0.392 e. The molecule has 5 nitrogen and oxygen atoms in total. The van der Waals surface area contributed by atoms with Crippen molar-refractivity contribution in [2.45, 2.75) is 25.1 Å². The van der Waals surface area contributed by atoms with Crippen molar-refractivity contribution < 1.29 is 5.11 Å². The fourth-order valence-electron chi connectivity index (χ4n) is 2.36. The number of rotatable bonds is 4. The van der Waals surface area contributed by atoms with E-state index in [-0.39, 0.29) is 6.10 Å². The van der Waals surface area contributed by atoms with Gasteiger partial charge in [-0.05, 0) is 26.6 Å². The van der Waals surface area contributed by atoms with E-state index < -0.39 is 0 Å². The maximum atomic E-state index is 9.76. The van der Waals surface area contributed by atoms with Crippen LogP contribution in [-0.4, -0.2) is 64.2 Å². The number of hydrogen-bond acceptors (Lipinski definition) is 5. The van der Waals surface area contributed by atoms with E-state index in [2.05, 4.69) is 33.9 Å². The first-order valence-corrected chi connectivity index (χ1v) is 5.98. The van der Waals surface area contributed by atoms with Crippen LogP contribution in [0.4, 0.5) is 0 Å². The van der Waals surface area contributed by atoms with Gasteiger partial charge >= 0.3 is 0 Å². The third-order valence-electron chi connectivity index (χ3n) is 3.05. The summed E-state index contributed by atoms with van der Waals surface area (Å²) in [6, 6.07) is 2.21. The lowest BCUT2D eigenvalue weighted by atomic mass is 10.2. The van der Waals surface area contributed by atoms with E-state index >= 15 is 0 Å². The number of β-amino-alcohol motifs (C(OH)–C–C–N with tert-alkyl or cyclic N) is 1. The Labute approximate surface area is 102 Å². The third kappa shape index (κ3) is 3.46. The summed E-state index contributed by atoms with van der Waals surface area (Å²) in [7, 11) is 4.11. The highest BCUT2D eigenvalue weighted by atomic mass is 16.3. The molecule has 0 aliphatic carbocycles. The van der Waals surface area contributed by atoms with Crippen molar-refractivity contribution in [2.75, 3.05) is 27.2 Å². The Bertz CT molecular complexity index is 344. The Kier molecular flexibility index (Phi) is 4.04. The molecular weight excluding hydrogens is 216 g/mol. The Morgan fingerprint density at radius 2 is 2.12 bits per heavy atom. The minimum atomic E-state index is -0.219. The zero-order valence-electron chi connectivity index (χ0n) is 10.5. The molecule has 2 heterocycles. The first-order chi connectivity index (χ1) is 8.15. The average Bonchev–Trinajstić information content (AvgIpc) is 2.59. The monoisotopic (exact) mass is 236 g/mol. The molecule has 5 heteroatoms. The molecular formula is C12H20N4O. The molecule has 2 rings (SSSR count). The molecule has 1 aromatic rings. The summed E-state index contributed by atoms with van der Waals surface area (Å²) in [4.78, 5) is 12.9. The van der Waals surface area contributed by atoms with Gasteiger partial charge in [0.05, 0.1) is 12.6 Å². The lowest BCUT2D eigenvalue weighted by Gasteiger charge is -2.25. The molecule has 1 N–H and O–H groups in total. The van der Waals surface area contributed by atoms with Crippen LogP contribution in [-0.2, 0) is 6.54 Å². The van der Waals surface area contributed by atoms with Gasteiger partial charge in [-0.25, -0.2) is 9.97 Å². The van der Waals surface area contributed by atoms with E-state index in [1.165, 1.54) is 0 Å². The third-order valence-corrected chi connectivity index (χ3v) is 3.05. The van der Waals surface area contributed by atoms with E-state index in [9.17, 15) is 5.11 Å². The van der Waals surface area contributed by atoms with Crippen molar-refractivity contribution in [3.8, 4) is 0 Å². The second kappa shape index (κ2) is 5.53. The van der Waals surface area contributed by atoms with E-state index in [0.717, 1.165) is 31.9 Å². The quantitative estimate of drug-likeness (QED) is 0.796. The lowest BCUT2D eigenvalue weighted by Crippen LogP contribution is -2.37. The maximum absolute atomic E-state index is 9.76. The number of nitrogens with zero attached hydrogens (tertiary/aromatic N) is 4. The minimum absolute atomic E-state index is 0.219. The largest absolute Gasteiger partial charge is 0.392 e. The smallest absolute Gasteiger partial charge is 0.142 e. The van der Waals surface area contributed by atoms with Crippen molar-refractivity contribution in [1.82, 2.24) is 19.8 Å². The molecule has 1 saturated heterocycles.